The van der Waals surface area contributed by atoms with E-state index in [2.05, 4.69) is 27.1 Å². The maximum atomic E-state index is 6.25. The van der Waals surface area contributed by atoms with Gasteiger partial charge < -0.3 is 15.6 Å². The van der Waals surface area contributed by atoms with Gasteiger partial charge in [-0.3, -0.25) is 0 Å². The van der Waals surface area contributed by atoms with E-state index in [0.717, 1.165) is 42.3 Å². The van der Waals surface area contributed by atoms with Gasteiger partial charge in [0, 0.05) is 40.9 Å². The molecule has 3 N–H and O–H groups in total. The smallest absolute Gasteiger partial charge is 0.121 e. The van der Waals surface area contributed by atoms with Crippen molar-refractivity contribution < 1.29 is 0 Å². The first kappa shape index (κ1) is 13.5. The van der Waals surface area contributed by atoms with Crippen LogP contribution in [0.5, 0.6) is 0 Å². The van der Waals surface area contributed by atoms with Gasteiger partial charge in [0.1, 0.15) is 5.82 Å². The molecular weight excluding hydrogens is 298 g/mol. The fourth-order valence-corrected chi connectivity index (χ4v) is 3.57. The maximum absolute atomic E-state index is 6.25. The molecule has 0 aliphatic carbocycles. The van der Waals surface area contributed by atoms with Crippen LogP contribution < -0.4 is 10.6 Å². The quantitative estimate of drug-likeness (QED) is 0.761. The Bertz CT molecular complexity index is 798. The third-order valence-electron chi connectivity index (χ3n) is 4.46. The molecule has 0 atom stereocenters. The molecule has 0 saturated carbocycles. The second-order valence-electron chi connectivity index (χ2n) is 5.78. The number of halogens is 1. The van der Waals surface area contributed by atoms with Crippen LogP contribution in [0, 0.1) is 0 Å². The van der Waals surface area contributed by atoms with Gasteiger partial charge in [0.25, 0.3) is 0 Å². The lowest BCUT2D eigenvalue weighted by atomic mass is 10.0. The second kappa shape index (κ2) is 5.25. The van der Waals surface area contributed by atoms with Gasteiger partial charge in [-0.15, -0.1) is 0 Å². The van der Waals surface area contributed by atoms with Crippen molar-refractivity contribution in [3.05, 3.63) is 41.7 Å². The number of hydrogen-bond acceptors (Lipinski definition) is 3. The van der Waals surface area contributed by atoms with Gasteiger partial charge >= 0.3 is 0 Å². The molecule has 114 valence electrons. The Balaban J connectivity index is 1.58. The highest BCUT2D eigenvalue weighted by atomic mass is 35.5. The summed E-state index contributed by atoms with van der Waals surface area (Å²) in [6, 6.07) is 8.37. The molecule has 0 amide bonds. The van der Waals surface area contributed by atoms with Gasteiger partial charge in [-0.1, -0.05) is 11.6 Å². The largest absolute Gasteiger partial charge is 0.384 e. The Labute approximate surface area is 133 Å². The average molecular weight is 316 g/mol. The number of hydrogen-bond donors (Lipinski definition) is 2. The van der Waals surface area contributed by atoms with E-state index < -0.39 is 0 Å². The third kappa shape index (κ3) is 2.22. The number of nitrogens with one attached hydrogen (secondary N) is 1. The molecule has 3 heterocycles. The van der Waals surface area contributed by atoms with Gasteiger partial charge in [0.2, 0.25) is 0 Å². The van der Waals surface area contributed by atoms with Crippen LogP contribution in [0.15, 0.2) is 36.7 Å². The minimum atomic E-state index is 0.382. The summed E-state index contributed by atoms with van der Waals surface area (Å²) >= 11 is 6.25. The Hall–Kier alpha value is -2.14. The lowest BCUT2D eigenvalue weighted by Crippen LogP contribution is -2.35. The molecular formula is C16H18ClN5. The molecule has 0 bridgehead atoms. The van der Waals surface area contributed by atoms with Crippen molar-refractivity contribution in [2.24, 2.45) is 0 Å². The van der Waals surface area contributed by atoms with E-state index in [4.69, 9.17) is 17.3 Å². The highest BCUT2D eigenvalue weighted by Crippen LogP contribution is 2.34. The van der Waals surface area contributed by atoms with Crippen LogP contribution in [0.2, 0.25) is 5.02 Å². The first-order valence-corrected chi connectivity index (χ1v) is 7.91. The number of H-pyrrole nitrogens is 1. The van der Waals surface area contributed by atoms with E-state index in [9.17, 15) is 0 Å². The zero-order valence-electron chi connectivity index (χ0n) is 12.2. The van der Waals surface area contributed by atoms with Crippen molar-refractivity contribution in [1.82, 2.24) is 14.8 Å². The number of rotatable bonds is 2. The lowest BCUT2D eigenvalue weighted by Gasteiger charge is -2.34. The van der Waals surface area contributed by atoms with Crippen LogP contribution in [0.4, 0.5) is 11.5 Å². The molecule has 22 heavy (non-hydrogen) atoms. The van der Waals surface area contributed by atoms with Crippen LogP contribution in [-0.2, 0) is 0 Å². The monoisotopic (exact) mass is 315 g/mol. The molecule has 1 saturated heterocycles. The number of aromatic amines is 1. The van der Waals surface area contributed by atoms with Crippen molar-refractivity contribution in [3.8, 4) is 0 Å². The normalized spacial score (nSPS) is 16.5. The highest BCUT2D eigenvalue weighted by molar-refractivity contribution is 6.31. The average Bonchev–Trinajstić information content (AvgIpc) is 3.15. The molecule has 1 aliphatic rings. The lowest BCUT2D eigenvalue weighted by molar-refractivity contribution is 0.371. The molecule has 0 radical (unpaired) electrons. The predicted molar refractivity (Wildman–Crippen MR) is 90.4 cm³/mol. The minimum Gasteiger partial charge on any atom is -0.384 e. The van der Waals surface area contributed by atoms with Gasteiger partial charge in [-0.05, 0) is 37.1 Å². The van der Waals surface area contributed by atoms with Crippen molar-refractivity contribution in [3.63, 3.8) is 0 Å². The van der Waals surface area contributed by atoms with Crippen molar-refractivity contribution >= 4 is 34.0 Å². The predicted octanol–water partition coefficient (Wildman–Crippen LogP) is 3.44. The topological polar surface area (TPSA) is 62.9 Å². The molecule has 0 unspecified atom stereocenters. The summed E-state index contributed by atoms with van der Waals surface area (Å²) < 4.78 is 1.95. The van der Waals surface area contributed by atoms with Gasteiger partial charge in [-0.2, -0.15) is 5.10 Å². The SMILES string of the molecule is Nc1ccnn1C1CCN(c2cc(Cl)cc3[nH]ccc23)CC1. The van der Waals surface area contributed by atoms with Gasteiger partial charge in [-0.25, -0.2) is 4.68 Å². The number of benzene rings is 1. The Morgan fingerprint density at radius 1 is 1.23 bits per heavy atom. The van der Waals surface area contributed by atoms with Gasteiger partial charge in [0.05, 0.1) is 12.2 Å². The molecule has 5 nitrogen and oxygen atoms in total. The molecule has 1 aromatic carbocycles. The molecule has 6 heteroatoms. The summed E-state index contributed by atoms with van der Waals surface area (Å²) in [5.41, 5.74) is 8.25. The summed E-state index contributed by atoms with van der Waals surface area (Å²) in [6.07, 6.45) is 5.79. The van der Waals surface area contributed by atoms with E-state index in [1.54, 1.807) is 6.20 Å². The summed E-state index contributed by atoms with van der Waals surface area (Å²) in [7, 11) is 0. The number of fused-ring (bicyclic) bond motifs is 1. The molecule has 2 aromatic heterocycles. The van der Waals surface area contributed by atoms with Crippen molar-refractivity contribution in [1.29, 1.82) is 0 Å². The summed E-state index contributed by atoms with van der Waals surface area (Å²) in [5.74, 6) is 0.745. The highest BCUT2D eigenvalue weighted by Gasteiger charge is 2.23. The third-order valence-corrected chi connectivity index (χ3v) is 4.68. The second-order valence-corrected chi connectivity index (χ2v) is 6.22. The number of aromatic nitrogens is 3. The Morgan fingerprint density at radius 3 is 2.77 bits per heavy atom. The maximum Gasteiger partial charge on any atom is 0.121 e. The van der Waals surface area contributed by atoms with E-state index >= 15 is 0 Å². The molecule has 0 spiro atoms. The zero-order valence-corrected chi connectivity index (χ0v) is 12.9. The summed E-state index contributed by atoms with van der Waals surface area (Å²) in [6.45, 7) is 1.95. The zero-order chi connectivity index (χ0) is 15.1. The Morgan fingerprint density at radius 2 is 2.05 bits per heavy atom. The van der Waals surface area contributed by atoms with E-state index in [1.807, 2.05) is 23.0 Å². The van der Waals surface area contributed by atoms with Crippen molar-refractivity contribution in [2.45, 2.75) is 18.9 Å². The molecule has 4 rings (SSSR count). The van der Waals surface area contributed by atoms with Crippen LogP contribution in [-0.4, -0.2) is 27.9 Å². The molecule has 1 aliphatic heterocycles. The summed E-state index contributed by atoms with van der Waals surface area (Å²) in [5, 5.41) is 6.33. The van der Waals surface area contributed by atoms with Crippen LogP contribution in [0.3, 0.4) is 0 Å². The molecule has 1 fully saturated rings. The fraction of sp³-hybridized carbons (Fsp3) is 0.312. The first-order valence-electron chi connectivity index (χ1n) is 7.53. The number of anilines is 2. The van der Waals surface area contributed by atoms with E-state index in [0.29, 0.717) is 6.04 Å². The number of nitrogens with two attached hydrogens (primary N) is 1. The molecule has 3 aromatic rings. The van der Waals surface area contributed by atoms with Gasteiger partial charge in [0.15, 0.2) is 0 Å². The van der Waals surface area contributed by atoms with Crippen LogP contribution in [0.25, 0.3) is 10.9 Å². The van der Waals surface area contributed by atoms with Crippen LogP contribution >= 0.6 is 11.6 Å². The van der Waals surface area contributed by atoms with E-state index in [1.165, 1.54) is 11.1 Å². The first-order chi connectivity index (χ1) is 10.7. The Kier molecular flexibility index (Phi) is 3.22. The number of piperidine rings is 1. The number of nitrogen functional groups attached to an aromatic ring is 1. The minimum absolute atomic E-state index is 0.382. The standard InChI is InChI=1S/C16H18ClN5/c17-11-9-14-13(1-5-19-14)15(10-11)21-7-3-12(4-8-21)22-16(18)2-6-20-22/h1-2,5-6,9-10,12,19H,3-4,7-8,18H2. The van der Waals surface area contributed by atoms with Crippen molar-refractivity contribution in [2.75, 3.05) is 23.7 Å². The number of nitrogens with zero attached hydrogens (tertiary/aromatic N) is 3. The van der Waals surface area contributed by atoms with E-state index in [-0.39, 0.29) is 0 Å². The fourth-order valence-electron chi connectivity index (χ4n) is 3.36. The van der Waals surface area contributed by atoms with Crippen LogP contribution in [0.1, 0.15) is 18.9 Å². The summed E-state index contributed by atoms with van der Waals surface area (Å²) in [4.78, 5) is 5.64.